The maximum atomic E-state index is 12.2. The predicted molar refractivity (Wildman–Crippen MR) is 79.5 cm³/mol. The van der Waals surface area contributed by atoms with Gasteiger partial charge in [-0.1, -0.05) is 13.3 Å². The van der Waals surface area contributed by atoms with Gasteiger partial charge in [-0.05, 0) is 43.9 Å². The Morgan fingerprint density at radius 1 is 1.13 bits per heavy atom. The largest absolute Gasteiger partial charge is 0.481 e. The van der Waals surface area contributed by atoms with Gasteiger partial charge in [0.25, 0.3) is 0 Å². The molecular weight excluding hydrogens is 304 g/mol. The van der Waals surface area contributed by atoms with Crippen LogP contribution in [0.15, 0.2) is 0 Å². The molecule has 2 aliphatic heterocycles. The first-order chi connectivity index (χ1) is 11.0. The van der Waals surface area contributed by atoms with Crippen molar-refractivity contribution in [2.75, 3.05) is 0 Å². The molecule has 0 aromatic carbocycles. The van der Waals surface area contributed by atoms with Crippen molar-refractivity contribution in [1.82, 2.24) is 0 Å². The molecule has 1 saturated carbocycles. The van der Waals surface area contributed by atoms with Gasteiger partial charge in [-0.2, -0.15) is 0 Å². The maximum Gasteiger partial charge on any atom is 0.312 e. The normalized spacial score (nSPS) is 42.4. The lowest BCUT2D eigenvalue weighted by atomic mass is 9.60. The quantitative estimate of drug-likeness (QED) is 0.405. The average molecular weight is 330 g/mol. The van der Waals surface area contributed by atoms with Gasteiger partial charge in [-0.15, -0.1) is 0 Å². The molecule has 7 heteroatoms. The molecule has 3 rings (SSSR count). The molecule has 2 saturated heterocycles. The summed E-state index contributed by atoms with van der Waals surface area (Å²) >= 11 is 0. The first kappa shape index (κ1) is 18.2. The minimum Gasteiger partial charge on any atom is -0.481 e. The van der Waals surface area contributed by atoms with E-state index < -0.39 is 18.2 Å². The molecule has 0 radical (unpaired) electrons. The highest BCUT2D eigenvalue weighted by Crippen LogP contribution is 2.51. The van der Waals surface area contributed by atoms with Crippen LogP contribution >= 0.6 is 0 Å². The van der Waals surface area contributed by atoms with Crippen molar-refractivity contribution in [3.63, 3.8) is 0 Å². The van der Waals surface area contributed by atoms with Crippen LogP contribution in [0.3, 0.4) is 0 Å². The Morgan fingerprint density at radius 3 is 2.43 bits per heavy atom. The molecule has 3 fully saturated rings. The van der Waals surface area contributed by atoms with Crippen LogP contribution in [-0.2, 0) is 19.1 Å². The van der Waals surface area contributed by atoms with Gasteiger partial charge >= 0.3 is 11.9 Å². The lowest BCUT2D eigenvalue weighted by Gasteiger charge is -2.48. The van der Waals surface area contributed by atoms with Crippen LogP contribution in [0.5, 0.6) is 0 Å². The Bertz CT molecular complexity index is 438. The monoisotopic (exact) mass is 330 g/mol. The Hall–Kier alpha value is -1.18. The van der Waals surface area contributed by atoms with E-state index in [9.17, 15) is 9.59 Å². The molecule has 0 aromatic rings. The smallest absolute Gasteiger partial charge is 0.312 e. The summed E-state index contributed by atoms with van der Waals surface area (Å²) in [7, 11) is 0. The molecule has 23 heavy (non-hydrogen) atoms. The first-order valence-electron chi connectivity index (χ1n) is 8.25. The van der Waals surface area contributed by atoms with Crippen LogP contribution in [0, 0.1) is 29.6 Å². The lowest BCUT2D eigenvalue weighted by molar-refractivity contribution is -0.242. The average Bonchev–Trinajstić information content (AvgIpc) is 2.67. The van der Waals surface area contributed by atoms with E-state index >= 15 is 0 Å². The van der Waals surface area contributed by atoms with Crippen LogP contribution < -0.4 is 0 Å². The van der Waals surface area contributed by atoms with Crippen LogP contribution in [0.25, 0.3) is 0 Å². The zero-order chi connectivity index (χ0) is 17.1. The van der Waals surface area contributed by atoms with Crippen molar-refractivity contribution in [1.29, 1.82) is 0 Å². The Balaban J connectivity index is 0.000000924. The molecule has 0 aromatic heterocycles. The summed E-state index contributed by atoms with van der Waals surface area (Å²) in [6.07, 6.45) is 3.53. The van der Waals surface area contributed by atoms with E-state index in [2.05, 4.69) is 6.92 Å². The SMILES string of the molecule is CC1CCC2C3C(OC(=O)C(CC(=O)O)[C@@H]3CC[C@H]2C)O1.OO. The maximum absolute atomic E-state index is 12.2. The van der Waals surface area contributed by atoms with Crippen LogP contribution in [0.1, 0.15) is 46.0 Å². The number of carboxylic acids is 1. The van der Waals surface area contributed by atoms with E-state index in [-0.39, 0.29) is 30.3 Å². The van der Waals surface area contributed by atoms with Gasteiger partial charge in [0.1, 0.15) is 0 Å². The molecule has 1 aliphatic carbocycles. The van der Waals surface area contributed by atoms with Crippen molar-refractivity contribution in [2.45, 2.75) is 58.3 Å². The summed E-state index contributed by atoms with van der Waals surface area (Å²) in [5.41, 5.74) is 0. The zero-order valence-corrected chi connectivity index (χ0v) is 13.6. The topological polar surface area (TPSA) is 113 Å². The van der Waals surface area contributed by atoms with Crippen LogP contribution in [0.2, 0.25) is 0 Å². The fraction of sp³-hybridized carbons (Fsp3) is 0.875. The number of aliphatic carboxylic acids is 1. The second-order valence-corrected chi connectivity index (χ2v) is 6.99. The molecule has 3 N–H and O–H groups in total. The molecule has 7 nitrogen and oxygen atoms in total. The summed E-state index contributed by atoms with van der Waals surface area (Å²) in [5.74, 6) is -0.483. The minimum absolute atomic E-state index is 0.0947. The molecule has 2 heterocycles. The van der Waals surface area contributed by atoms with Gasteiger partial charge in [0.15, 0.2) is 0 Å². The Morgan fingerprint density at radius 2 is 1.78 bits per heavy atom. The molecule has 0 spiro atoms. The highest BCUT2D eigenvalue weighted by Gasteiger charge is 2.54. The second kappa shape index (κ2) is 7.59. The number of rotatable bonds is 2. The van der Waals surface area contributed by atoms with Crippen molar-refractivity contribution < 1.29 is 34.7 Å². The summed E-state index contributed by atoms with van der Waals surface area (Å²) in [6.45, 7) is 4.28. The summed E-state index contributed by atoms with van der Waals surface area (Å²) in [5, 5.41) is 21.1. The van der Waals surface area contributed by atoms with Gasteiger partial charge in [0.2, 0.25) is 6.29 Å². The van der Waals surface area contributed by atoms with Crippen molar-refractivity contribution in [2.24, 2.45) is 29.6 Å². The third-order valence-electron chi connectivity index (χ3n) is 5.71. The van der Waals surface area contributed by atoms with Crippen molar-refractivity contribution in [3.05, 3.63) is 0 Å². The highest BCUT2D eigenvalue weighted by atomic mass is 17.0. The second-order valence-electron chi connectivity index (χ2n) is 6.99. The fourth-order valence-corrected chi connectivity index (χ4v) is 4.63. The molecular formula is C16H26O7. The molecule has 0 bridgehead atoms. The Kier molecular flexibility index (Phi) is 6.00. The number of carbonyl (C=O) groups is 2. The summed E-state index contributed by atoms with van der Waals surface area (Å²) in [6, 6.07) is 0. The number of carboxylic acid groups (broad SMARTS) is 1. The lowest BCUT2D eigenvalue weighted by Crippen LogP contribution is -2.52. The predicted octanol–water partition coefficient (Wildman–Crippen LogP) is 2.45. The minimum atomic E-state index is -0.923. The van der Waals surface area contributed by atoms with E-state index in [1.165, 1.54) is 0 Å². The number of esters is 1. The summed E-state index contributed by atoms with van der Waals surface area (Å²) in [4.78, 5) is 23.3. The number of carbonyl (C=O) groups excluding carboxylic acids is 1. The van der Waals surface area contributed by atoms with E-state index in [0.717, 1.165) is 25.7 Å². The van der Waals surface area contributed by atoms with Gasteiger partial charge in [0.05, 0.1) is 18.4 Å². The third kappa shape index (κ3) is 3.67. The van der Waals surface area contributed by atoms with Gasteiger partial charge in [-0.25, -0.2) is 0 Å². The van der Waals surface area contributed by atoms with Crippen LogP contribution in [0.4, 0.5) is 0 Å². The molecule has 5 unspecified atom stereocenters. The molecule has 7 atom stereocenters. The zero-order valence-electron chi connectivity index (χ0n) is 13.6. The van der Waals surface area contributed by atoms with Gasteiger partial charge in [-0.3, -0.25) is 20.1 Å². The van der Waals surface area contributed by atoms with Crippen molar-refractivity contribution in [3.8, 4) is 0 Å². The van der Waals surface area contributed by atoms with Gasteiger partial charge in [0, 0.05) is 5.92 Å². The van der Waals surface area contributed by atoms with E-state index in [0.29, 0.717) is 11.8 Å². The van der Waals surface area contributed by atoms with E-state index in [1.54, 1.807) is 0 Å². The van der Waals surface area contributed by atoms with E-state index in [4.69, 9.17) is 25.1 Å². The van der Waals surface area contributed by atoms with E-state index in [1.807, 2.05) is 6.92 Å². The first-order valence-corrected chi connectivity index (χ1v) is 8.25. The van der Waals surface area contributed by atoms with Crippen LogP contribution in [-0.4, -0.2) is 40.0 Å². The molecule has 132 valence electrons. The Labute approximate surface area is 135 Å². The fourth-order valence-electron chi connectivity index (χ4n) is 4.63. The standard InChI is InChI=1S/C16H24O5.H2O2/c1-8-3-5-11-12(7-13(17)18)15(19)21-16-14(11)10(8)6-4-9(2)20-16;1-2/h8-12,14,16H,3-7H2,1-2H3,(H,17,18);1-2H/t8-,9?,10?,11+,12?,14?,16?;/m1./s1. The van der Waals surface area contributed by atoms with Crippen molar-refractivity contribution >= 4 is 11.9 Å². The van der Waals surface area contributed by atoms with Gasteiger partial charge < -0.3 is 14.6 Å². The number of hydrogen-bond acceptors (Lipinski definition) is 6. The molecule has 3 aliphatic rings. The highest BCUT2D eigenvalue weighted by molar-refractivity contribution is 5.80. The third-order valence-corrected chi connectivity index (χ3v) is 5.71. The summed E-state index contributed by atoms with van der Waals surface area (Å²) < 4.78 is 11.4. The molecule has 0 amide bonds. The number of hydrogen-bond donors (Lipinski definition) is 3. The number of ether oxygens (including phenoxy) is 2.